The zero-order valence-electron chi connectivity index (χ0n) is 15.4. The van der Waals surface area contributed by atoms with Crippen LogP contribution in [-0.2, 0) is 6.61 Å². The Morgan fingerprint density at radius 2 is 1.59 bits per heavy atom. The van der Waals surface area contributed by atoms with Crippen molar-refractivity contribution in [2.75, 3.05) is 5.32 Å². The average Bonchev–Trinajstić information content (AvgIpc) is 3.14. The number of thiophene rings is 1. The summed E-state index contributed by atoms with van der Waals surface area (Å²) in [6, 6.07) is 26.4. The van der Waals surface area contributed by atoms with E-state index >= 15 is 0 Å². The Morgan fingerprint density at radius 1 is 0.828 bits per heavy atom. The van der Waals surface area contributed by atoms with Crippen LogP contribution in [0.15, 0.2) is 85.2 Å². The van der Waals surface area contributed by atoms with E-state index in [-0.39, 0.29) is 12.4 Å². The molecule has 0 atom stereocenters. The van der Waals surface area contributed by atoms with Gasteiger partial charge in [-0.25, -0.2) is 9.97 Å². The van der Waals surface area contributed by atoms with Crippen LogP contribution < -0.4 is 10.1 Å². The standard InChI is InChI=1S/C23H17N3OS.ClH/c1-2-6-16(7-3-1)14-27-18-12-10-17(11-13-18)26-23-22-21(24-15-25-23)19-8-4-5-9-20(19)28-22;/h1-13,15H,14H2,(H,24,25,26);1H. The van der Waals surface area contributed by atoms with Crippen molar-refractivity contribution in [2.24, 2.45) is 0 Å². The smallest absolute Gasteiger partial charge is 0.151 e. The molecular formula is C23H18ClN3OS. The Kier molecular flexibility index (Phi) is 5.60. The van der Waals surface area contributed by atoms with E-state index in [0.717, 1.165) is 38.4 Å². The molecular weight excluding hydrogens is 402 g/mol. The molecule has 0 saturated carbocycles. The summed E-state index contributed by atoms with van der Waals surface area (Å²) >= 11 is 1.70. The lowest BCUT2D eigenvalue weighted by Gasteiger charge is -2.09. The number of hydrogen-bond donors (Lipinski definition) is 1. The summed E-state index contributed by atoms with van der Waals surface area (Å²) in [7, 11) is 0. The Hall–Kier alpha value is -3.15. The van der Waals surface area contributed by atoms with Gasteiger partial charge in [-0.05, 0) is 35.9 Å². The van der Waals surface area contributed by atoms with Crippen LogP contribution in [0.4, 0.5) is 11.5 Å². The van der Waals surface area contributed by atoms with E-state index in [4.69, 9.17) is 4.74 Å². The fourth-order valence-electron chi connectivity index (χ4n) is 3.12. The predicted octanol–water partition coefficient (Wildman–Crippen LogP) is 6.59. The second-order valence-corrected chi connectivity index (χ2v) is 7.47. The van der Waals surface area contributed by atoms with Crippen LogP contribution in [0.5, 0.6) is 5.75 Å². The van der Waals surface area contributed by atoms with Gasteiger partial charge in [0, 0.05) is 15.8 Å². The van der Waals surface area contributed by atoms with E-state index in [1.54, 1.807) is 17.7 Å². The predicted molar refractivity (Wildman–Crippen MR) is 123 cm³/mol. The quantitative estimate of drug-likeness (QED) is 0.349. The second kappa shape index (κ2) is 8.47. The highest BCUT2D eigenvalue weighted by Crippen LogP contribution is 2.36. The number of benzene rings is 3. The van der Waals surface area contributed by atoms with Gasteiger partial charge < -0.3 is 10.1 Å². The molecule has 5 aromatic rings. The van der Waals surface area contributed by atoms with Gasteiger partial charge in [-0.2, -0.15) is 0 Å². The van der Waals surface area contributed by atoms with Crippen molar-refractivity contribution in [3.05, 3.63) is 90.8 Å². The first-order valence-corrected chi connectivity index (χ1v) is 9.84. The van der Waals surface area contributed by atoms with Crippen molar-refractivity contribution in [2.45, 2.75) is 6.61 Å². The first kappa shape index (κ1) is 19.2. The van der Waals surface area contributed by atoms with Gasteiger partial charge in [0.15, 0.2) is 5.82 Å². The van der Waals surface area contributed by atoms with Gasteiger partial charge in [-0.15, -0.1) is 23.7 Å². The molecule has 0 unspecified atom stereocenters. The lowest BCUT2D eigenvalue weighted by atomic mass is 10.2. The Bertz CT molecular complexity index is 1240. The summed E-state index contributed by atoms with van der Waals surface area (Å²) in [5.41, 5.74) is 3.10. The third-order valence-corrected chi connectivity index (χ3v) is 5.69. The van der Waals surface area contributed by atoms with Gasteiger partial charge in [-0.3, -0.25) is 0 Å². The maximum atomic E-state index is 5.86. The van der Waals surface area contributed by atoms with E-state index in [2.05, 4.69) is 39.6 Å². The molecule has 0 aliphatic carbocycles. The van der Waals surface area contributed by atoms with Crippen LogP contribution in [0.25, 0.3) is 20.3 Å². The highest BCUT2D eigenvalue weighted by Gasteiger charge is 2.11. The monoisotopic (exact) mass is 419 g/mol. The molecule has 0 aliphatic rings. The minimum atomic E-state index is 0. The molecule has 0 radical (unpaired) electrons. The molecule has 2 heterocycles. The molecule has 29 heavy (non-hydrogen) atoms. The van der Waals surface area contributed by atoms with Crippen molar-refractivity contribution >= 4 is 55.6 Å². The lowest BCUT2D eigenvalue weighted by Crippen LogP contribution is -1.96. The molecule has 0 bridgehead atoms. The van der Waals surface area contributed by atoms with Crippen LogP contribution in [-0.4, -0.2) is 9.97 Å². The molecule has 144 valence electrons. The van der Waals surface area contributed by atoms with E-state index in [9.17, 15) is 0 Å². The molecule has 0 amide bonds. The van der Waals surface area contributed by atoms with E-state index < -0.39 is 0 Å². The highest BCUT2D eigenvalue weighted by molar-refractivity contribution is 7.26. The number of anilines is 2. The number of rotatable bonds is 5. The summed E-state index contributed by atoms with van der Waals surface area (Å²) in [6.45, 7) is 0.557. The summed E-state index contributed by atoms with van der Waals surface area (Å²) in [5.74, 6) is 1.66. The van der Waals surface area contributed by atoms with Crippen LogP contribution in [0.1, 0.15) is 5.56 Å². The number of ether oxygens (including phenoxy) is 1. The summed E-state index contributed by atoms with van der Waals surface area (Å²) < 4.78 is 8.13. The Labute approximate surface area is 178 Å². The van der Waals surface area contributed by atoms with E-state index in [1.807, 2.05) is 54.6 Å². The molecule has 1 N–H and O–H groups in total. The largest absolute Gasteiger partial charge is 0.489 e. The minimum absolute atomic E-state index is 0. The molecule has 2 aromatic heterocycles. The van der Waals surface area contributed by atoms with Gasteiger partial charge >= 0.3 is 0 Å². The fourth-order valence-corrected chi connectivity index (χ4v) is 4.23. The van der Waals surface area contributed by atoms with Crippen LogP contribution in [0, 0.1) is 0 Å². The topological polar surface area (TPSA) is 47.0 Å². The van der Waals surface area contributed by atoms with Gasteiger partial charge in [0.2, 0.25) is 0 Å². The lowest BCUT2D eigenvalue weighted by molar-refractivity contribution is 0.306. The first-order valence-electron chi connectivity index (χ1n) is 9.03. The second-order valence-electron chi connectivity index (χ2n) is 6.42. The van der Waals surface area contributed by atoms with Gasteiger partial charge in [0.05, 0.1) is 10.2 Å². The summed E-state index contributed by atoms with van der Waals surface area (Å²) in [4.78, 5) is 8.93. The number of nitrogens with one attached hydrogen (secondary N) is 1. The SMILES string of the molecule is Cl.c1ccc(COc2ccc(Nc3ncnc4c3sc3ccccc34)cc2)cc1. The van der Waals surface area contributed by atoms with E-state index in [1.165, 1.54) is 4.70 Å². The van der Waals surface area contributed by atoms with E-state index in [0.29, 0.717) is 6.61 Å². The molecule has 0 fully saturated rings. The van der Waals surface area contributed by atoms with Crippen LogP contribution >= 0.6 is 23.7 Å². The maximum absolute atomic E-state index is 5.86. The number of halogens is 1. The number of nitrogens with zero attached hydrogens (tertiary/aromatic N) is 2. The Balaban J connectivity index is 0.00000205. The highest BCUT2D eigenvalue weighted by atomic mass is 35.5. The van der Waals surface area contributed by atoms with Gasteiger partial charge in [0.1, 0.15) is 18.7 Å². The fraction of sp³-hybridized carbons (Fsp3) is 0.0435. The van der Waals surface area contributed by atoms with Crippen LogP contribution in [0.3, 0.4) is 0 Å². The normalized spacial score (nSPS) is 10.6. The average molecular weight is 420 g/mol. The third-order valence-electron chi connectivity index (χ3n) is 4.52. The van der Waals surface area contributed by atoms with Crippen molar-refractivity contribution in [3.63, 3.8) is 0 Å². The molecule has 6 heteroatoms. The summed E-state index contributed by atoms with van der Waals surface area (Å²) in [6.07, 6.45) is 1.61. The van der Waals surface area contributed by atoms with Gasteiger partial charge in [-0.1, -0.05) is 48.5 Å². The number of aromatic nitrogens is 2. The molecule has 4 nitrogen and oxygen atoms in total. The van der Waals surface area contributed by atoms with Crippen molar-refractivity contribution in [1.82, 2.24) is 9.97 Å². The zero-order valence-corrected chi connectivity index (χ0v) is 17.0. The Morgan fingerprint density at radius 3 is 2.41 bits per heavy atom. The zero-order chi connectivity index (χ0) is 18.8. The molecule has 0 aliphatic heterocycles. The van der Waals surface area contributed by atoms with Crippen molar-refractivity contribution in [1.29, 1.82) is 0 Å². The van der Waals surface area contributed by atoms with Gasteiger partial charge in [0.25, 0.3) is 0 Å². The third kappa shape index (κ3) is 4.01. The summed E-state index contributed by atoms with van der Waals surface area (Å²) in [5, 5.41) is 4.58. The molecule has 0 saturated heterocycles. The maximum Gasteiger partial charge on any atom is 0.151 e. The molecule has 3 aromatic carbocycles. The number of fused-ring (bicyclic) bond motifs is 3. The minimum Gasteiger partial charge on any atom is -0.489 e. The van der Waals surface area contributed by atoms with Crippen molar-refractivity contribution in [3.8, 4) is 5.75 Å². The van der Waals surface area contributed by atoms with Crippen LogP contribution in [0.2, 0.25) is 0 Å². The number of hydrogen-bond acceptors (Lipinski definition) is 5. The van der Waals surface area contributed by atoms with Crippen molar-refractivity contribution < 1.29 is 4.74 Å². The molecule has 0 spiro atoms. The molecule has 5 rings (SSSR count). The first-order chi connectivity index (χ1) is 13.9.